The van der Waals surface area contributed by atoms with Crippen LogP contribution in [0.1, 0.15) is 94.7 Å². The topological polar surface area (TPSA) is 105 Å². The van der Waals surface area contributed by atoms with E-state index in [1.807, 2.05) is 29.2 Å². The van der Waals surface area contributed by atoms with Gasteiger partial charge in [0.05, 0.1) is 0 Å². The number of fused-ring (bicyclic) bond motifs is 3. The number of aromatic nitrogens is 2. The lowest BCUT2D eigenvalue weighted by Crippen LogP contribution is -2.65. The summed E-state index contributed by atoms with van der Waals surface area (Å²) in [5, 5.41) is 4.27. The lowest BCUT2D eigenvalue weighted by atomic mass is 9.41. The van der Waals surface area contributed by atoms with Gasteiger partial charge in [-0.2, -0.15) is 26.6 Å². The zero-order chi connectivity index (χ0) is 32.9. The molecule has 47 heavy (non-hydrogen) atoms. The predicted octanol–water partition coefficient (Wildman–Crippen LogP) is 7.78. The van der Waals surface area contributed by atoms with Gasteiger partial charge in [0.1, 0.15) is 5.67 Å². The number of hydrogen-bond acceptors (Lipinski definition) is 6. The molecular formula is C34H36F4N4O4S. The summed E-state index contributed by atoms with van der Waals surface area (Å²) in [5.74, 6) is 1.99. The van der Waals surface area contributed by atoms with Crippen molar-refractivity contribution >= 4 is 27.3 Å². The molecule has 7 saturated carbocycles. The van der Waals surface area contributed by atoms with Crippen LogP contribution in [0.25, 0.3) is 11.1 Å². The number of nitrogens with one attached hydrogen (secondary N) is 1. The number of hydrogen-bond donors (Lipinski definition) is 1. The first-order valence-electron chi connectivity index (χ1n) is 16.3. The van der Waals surface area contributed by atoms with E-state index in [4.69, 9.17) is 9.51 Å². The second-order valence-electron chi connectivity index (χ2n) is 15.0. The summed E-state index contributed by atoms with van der Waals surface area (Å²) in [4.78, 5) is 20.8. The number of nitrogens with zero attached hydrogens (tertiary/aromatic N) is 3. The summed E-state index contributed by atoms with van der Waals surface area (Å²) >= 11 is 0. The molecule has 0 spiro atoms. The van der Waals surface area contributed by atoms with Gasteiger partial charge in [0, 0.05) is 35.7 Å². The molecule has 10 rings (SSSR count). The van der Waals surface area contributed by atoms with Crippen LogP contribution < -0.4 is 9.62 Å². The number of rotatable bonds is 10. The van der Waals surface area contributed by atoms with Gasteiger partial charge in [0.2, 0.25) is 11.8 Å². The highest BCUT2D eigenvalue weighted by atomic mass is 32.2. The Morgan fingerprint density at radius 2 is 1.60 bits per heavy atom. The number of carbonyl (C=O) groups is 1. The molecule has 250 valence electrons. The molecule has 0 radical (unpaired) electrons. The van der Waals surface area contributed by atoms with Crippen molar-refractivity contribution in [3.63, 3.8) is 0 Å². The van der Waals surface area contributed by atoms with Crippen molar-refractivity contribution < 1.29 is 35.3 Å². The van der Waals surface area contributed by atoms with Crippen molar-refractivity contribution in [1.82, 2.24) is 10.1 Å². The van der Waals surface area contributed by atoms with Gasteiger partial charge in [-0.15, -0.1) is 0 Å². The molecule has 0 unspecified atom stereocenters. The number of benzene rings is 2. The molecule has 2 aromatic carbocycles. The van der Waals surface area contributed by atoms with Crippen LogP contribution in [0.15, 0.2) is 53.1 Å². The van der Waals surface area contributed by atoms with E-state index in [9.17, 15) is 30.8 Å². The van der Waals surface area contributed by atoms with Crippen molar-refractivity contribution in [2.75, 3.05) is 16.2 Å². The number of carbonyl (C=O) groups excluding carboxylic acids is 1. The van der Waals surface area contributed by atoms with Crippen LogP contribution in [0, 0.1) is 10.8 Å². The molecule has 7 aliphatic rings. The van der Waals surface area contributed by atoms with Gasteiger partial charge in [0.25, 0.3) is 0 Å². The molecule has 0 atom stereocenters. The lowest BCUT2D eigenvalue weighted by Gasteiger charge is -2.66. The van der Waals surface area contributed by atoms with Crippen molar-refractivity contribution in [1.29, 1.82) is 0 Å². The molecule has 7 aliphatic carbocycles. The third kappa shape index (κ3) is 5.42. The van der Waals surface area contributed by atoms with E-state index in [0.29, 0.717) is 49.4 Å². The highest BCUT2D eigenvalue weighted by Crippen LogP contribution is 2.71. The Bertz CT molecular complexity index is 1790. The molecule has 7 fully saturated rings. The monoisotopic (exact) mass is 672 g/mol. The van der Waals surface area contributed by atoms with Crippen molar-refractivity contribution in [2.24, 2.45) is 10.8 Å². The van der Waals surface area contributed by atoms with Crippen LogP contribution >= 0.6 is 0 Å². The quantitative estimate of drug-likeness (QED) is 0.221. The van der Waals surface area contributed by atoms with Gasteiger partial charge in [-0.3, -0.25) is 9.52 Å². The first kappa shape index (κ1) is 30.8. The van der Waals surface area contributed by atoms with Crippen LogP contribution in [0.5, 0.6) is 0 Å². The van der Waals surface area contributed by atoms with E-state index in [1.165, 1.54) is 24.3 Å². The smallest absolute Gasteiger partial charge is 0.339 e. The van der Waals surface area contributed by atoms with Gasteiger partial charge in [0.15, 0.2) is 5.82 Å². The molecule has 13 heteroatoms. The summed E-state index contributed by atoms with van der Waals surface area (Å²) in [6, 6.07) is 13.1. The minimum Gasteiger partial charge on any atom is -0.339 e. The van der Waals surface area contributed by atoms with E-state index in [1.54, 1.807) is 4.72 Å². The number of halogens is 4. The van der Waals surface area contributed by atoms with E-state index in [0.717, 1.165) is 68.6 Å². The Kier molecular flexibility index (Phi) is 6.73. The Balaban J connectivity index is 1.03. The van der Waals surface area contributed by atoms with E-state index in [2.05, 4.69) is 5.16 Å². The second kappa shape index (κ2) is 10.3. The average Bonchev–Trinajstić information content (AvgIpc) is 3.74. The Morgan fingerprint density at radius 1 is 0.936 bits per heavy atom. The summed E-state index contributed by atoms with van der Waals surface area (Å²) in [7, 11) is -5.54. The Hall–Kier alpha value is -3.48. The lowest BCUT2D eigenvalue weighted by molar-refractivity contribution is -0.215. The highest BCUT2D eigenvalue weighted by Gasteiger charge is 2.69. The zero-order valence-corrected chi connectivity index (χ0v) is 26.6. The highest BCUT2D eigenvalue weighted by molar-refractivity contribution is 7.93. The van der Waals surface area contributed by atoms with Crippen LogP contribution in [0.3, 0.4) is 0 Å². The molecular weight excluding hydrogens is 636 g/mol. The van der Waals surface area contributed by atoms with Gasteiger partial charge >= 0.3 is 15.5 Å². The SMILES string of the molecule is O=C(CC12CC(F)(C1)C2)N(CC12CCC(c3nc(C4CC4)no3)(CC1)CC2)c1cccc(-c2ccc(NS(=O)(=O)C(F)(F)F)cc2)c1. The molecule has 3 aromatic rings. The maximum absolute atomic E-state index is 14.4. The standard InChI is InChI=1S/C34H36F4N4O4S/c35-33-18-31(19-33,20-33)17-27(43)42(21-30-10-13-32(14-11-30,15-12-30)29-39-28(40-46-29)23-4-5-23)26-3-1-2-24(16-26)22-6-8-25(9-7-22)41-47(44,45)34(36,37)38/h1-3,6-9,16,23,41H,4-5,10-15,17-21H2. The molecule has 8 nitrogen and oxygen atoms in total. The number of alkyl halides is 4. The predicted molar refractivity (Wildman–Crippen MR) is 166 cm³/mol. The molecule has 4 bridgehead atoms. The molecule has 1 aromatic heterocycles. The van der Waals surface area contributed by atoms with Crippen LogP contribution in [-0.2, 0) is 20.2 Å². The van der Waals surface area contributed by atoms with Crippen molar-refractivity contribution in [3.8, 4) is 11.1 Å². The van der Waals surface area contributed by atoms with Crippen LogP contribution in [0.4, 0.5) is 28.9 Å². The van der Waals surface area contributed by atoms with Gasteiger partial charge < -0.3 is 9.42 Å². The summed E-state index contributed by atoms with van der Waals surface area (Å²) in [5.41, 5.74) is -5.11. The molecule has 1 N–H and O–H groups in total. The maximum Gasteiger partial charge on any atom is 0.516 e. The van der Waals surface area contributed by atoms with Crippen LogP contribution in [-0.4, -0.2) is 42.2 Å². The first-order chi connectivity index (χ1) is 22.2. The molecule has 0 aliphatic heterocycles. The van der Waals surface area contributed by atoms with Crippen molar-refractivity contribution in [2.45, 2.75) is 99.6 Å². The normalized spacial score (nSPS) is 31.1. The molecule has 1 heterocycles. The summed E-state index contributed by atoms with van der Waals surface area (Å²) in [6.45, 7) is 0.539. The minimum absolute atomic E-state index is 0.0245. The molecule has 1 amide bonds. The number of sulfonamides is 1. The number of anilines is 2. The van der Waals surface area contributed by atoms with Gasteiger partial charge in [-0.25, -0.2) is 4.39 Å². The fourth-order valence-corrected chi connectivity index (χ4v) is 9.26. The average molecular weight is 673 g/mol. The van der Waals surface area contributed by atoms with Crippen molar-refractivity contribution in [3.05, 3.63) is 60.2 Å². The molecule has 0 saturated heterocycles. The fraction of sp³-hybridized carbons (Fsp3) is 0.559. The largest absolute Gasteiger partial charge is 0.516 e. The first-order valence-corrected chi connectivity index (χ1v) is 17.8. The second-order valence-corrected chi connectivity index (χ2v) is 16.7. The third-order valence-corrected chi connectivity index (χ3v) is 12.7. The van der Waals surface area contributed by atoms with E-state index >= 15 is 0 Å². The third-order valence-electron chi connectivity index (χ3n) is 11.6. The fourth-order valence-electron chi connectivity index (χ4n) is 8.70. The zero-order valence-electron chi connectivity index (χ0n) is 25.8. The Labute approximate surface area is 270 Å². The van der Waals surface area contributed by atoms with Gasteiger partial charge in [-0.1, -0.05) is 29.4 Å². The van der Waals surface area contributed by atoms with Gasteiger partial charge in [-0.05, 0) is 117 Å². The van der Waals surface area contributed by atoms with Crippen LogP contribution in [0.2, 0.25) is 0 Å². The summed E-state index contributed by atoms with van der Waals surface area (Å²) < 4.78 is 83.3. The van der Waals surface area contributed by atoms with E-state index < -0.39 is 21.2 Å². The number of amides is 1. The Morgan fingerprint density at radius 3 is 2.19 bits per heavy atom. The maximum atomic E-state index is 14.4. The van der Waals surface area contributed by atoms with E-state index in [-0.39, 0.29) is 27.8 Å². The summed E-state index contributed by atoms with van der Waals surface area (Å²) in [6.07, 6.45) is 9.34. The minimum atomic E-state index is -5.54.